The molecule has 0 aliphatic carbocycles. The lowest BCUT2D eigenvalue weighted by Gasteiger charge is -2.27. The van der Waals surface area contributed by atoms with Crippen LogP contribution in [0.2, 0.25) is 0 Å². The summed E-state index contributed by atoms with van der Waals surface area (Å²) in [5.74, 6) is -1.69. The Kier molecular flexibility index (Phi) is 8.86. The summed E-state index contributed by atoms with van der Waals surface area (Å²) in [6, 6.07) is 0. The lowest BCUT2D eigenvalue weighted by atomic mass is 10.1. The van der Waals surface area contributed by atoms with Crippen molar-refractivity contribution in [2.75, 3.05) is 12.4 Å². The first kappa shape index (κ1) is 22.2. The van der Waals surface area contributed by atoms with Crippen LogP contribution in [0.5, 0.6) is 0 Å². The van der Waals surface area contributed by atoms with Gasteiger partial charge in [0, 0.05) is 27.7 Å². The largest absolute Gasteiger partial charge is 0.462 e. The Morgan fingerprint density at radius 3 is 2.04 bits per heavy atom. The van der Waals surface area contributed by atoms with Crippen molar-refractivity contribution < 1.29 is 42.9 Å². The van der Waals surface area contributed by atoms with E-state index in [1.807, 2.05) is 6.92 Å². The first-order valence-electron chi connectivity index (χ1n) is 8.07. The normalized spacial score (nSPS) is 25.9. The van der Waals surface area contributed by atoms with Crippen molar-refractivity contribution in [3.05, 3.63) is 0 Å². The first-order chi connectivity index (χ1) is 12.1. The molecular weight excluding hydrogens is 368 g/mol. The summed E-state index contributed by atoms with van der Waals surface area (Å²) in [7, 11) is 0. The molecule has 1 heterocycles. The summed E-state index contributed by atoms with van der Waals surface area (Å²) >= 11 is 1.38. The summed E-state index contributed by atoms with van der Waals surface area (Å²) in [4.78, 5) is 45.5. The minimum atomic E-state index is -1.03. The summed E-state index contributed by atoms with van der Waals surface area (Å²) in [5.41, 5.74) is 0. The highest BCUT2D eigenvalue weighted by Crippen LogP contribution is 2.36. The van der Waals surface area contributed by atoms with Crippen molar-refractivity contribution in [1.82, 2.24) is 0 Å². The molecule has 1 aliphatic rings. The van der Waals surface area contributed by atoms with Crippen LogP contribution in [0.1, 0.15) is 34.6 Å². The van der Waals surface area contributed by atoms with Gasteiger partial charge in [0.05, 0.1) is 0 Å². The molecule has 0 N–H and O–H groups in total. The zero-order chi connectivity index (χ0) is 19.9. The highest BCUT2D eigenvalue weighted by atomic mass is 32.2. The van der Waals surface area contributed by atoms with Gasteiger partial charge in [0.25, 0.3) is 0 Å². The van der Waals surface area contributed by atoms with Crippen LogP contribution in [0.4, 0.5) is 0 Å². The Morgan fingerprint density at radius 2 is 1.58 bits per heavy atom. The second kappa shape index (κ2) is 10.4. The van der Waals surface area contributed by atoms with Crippen molar-refractivity contribution in [1.29, 1.82) is 0 Å². The molecule has 10 heteroatoms. The monoisotopic (exact) mass is 392 g/mol. The number of thioether (sulfide) groups is 1. The minimum Gasteiger partial charge on any atom is -0.462 e. The number of hydrogen-bond donors (Lipinski definition) is 0. The number of carbonyl (C=O) groups is 4. The molecular formula is C16H24O9S. The van der Waals surface area contributed by atoms with Crippen LogP contribution in [0, 0.1) is 0 Å². The van der Waals surface area contributed by atoms with Crippen LogP contribution in [-0.4, -0.2) is 66.1 Å². The average Bonchev–Trinajstić information content (AvgIpc) is 2.80. The van der Waals surface area contributed by atoms with Crippen LogP contribution in [-0.2, 0) is 42.9 Å². The smallest absolute Gasteiger partial charge is 0.304 e. The lowest BCUT2D eigenvalue weighted by Crippen LogP contribution is -2.45. The van der Waals surface area contributed by atoms with Gasteiger partial charge in [-0.3, -0.25) is 19.2 Å². The van der Waals surface area contributed by atoms with E-state index >= 15 is 0 Å². The molecule has 1 fully saturated rings. The number of hydrogen-bond acceptors (Lipinski definition) is 10. The van der Waals surface area contributed by atoms with Crippen molar-refractivity contribution in [3.8, 4) is 0 Å². The second-order valence-corrected chi connectivity index (χ2v) is 6.98. The SMILES string of the molecule is CCS[C@@H]1[C@@H](OC(C)=O)O[C@@H]([C@@H](COC(C)=O)OC(C)=O)[C@H]1OC(C)=O. The summed E-state index contributed by atoms with van der Waals surface area (Å²) < 4.78 is 26.4. The zero-order valence-electron chi connectivity index (χ0n) is 15.4. The molecule has 0 radical (unpaired) electrons. The molecule has 26 heavy (non-hydrogen) atoms. The van der Waals surface area contributed by atoms with E-state index < -0.39 is 53.7 Å². The third-order valence-electron chi connectivity index (χ3n) is 3.29. The molecule has 148 valence electrons. The first-order valence-corrected chi connectivity index (χ1v) is 9.12. The molecule has 0 bridgehead atoms. The van der Waals surface area contributed by atoms with Crippen LogP contribution < -0.4 is 0 Å². The van der Waals surface area contributed by atoms with Gasteiger partial charge in [-0.05, 0) is 5.75 Å². The molecule has 5 atom stereocenters. The summed E-state index contributed by atoms with van der Waals surface area (Å²) in [6.07, 6.45) is -3.85. The third-order valence-corrected chi connectivity index (χ3v) is 4.49. The fourth-order valence-corrected chi connectivity index (χ4v) is 3.57. The van der Waals surface area contributed by atoms with Gasteiger partial charge in [-0.1, -0.05) is 6.92 Å². The molecule has 0 spiro atoms. The van der Waals surface area contributed by atoms with Crippen LogP contribution in [0.3, 0.4) is 0 Å². The molecule has 0 aromatic heterocycles. The van der Waals surface area contributed by atoms with Crippen LogP contribution >= 0.6 is 11.8 Å². The van der Waals surface area contributed by atoms with Gasteiger partial charge in [0.15, 0.2) is 6.10 Å². The number of carbonyl (C=O) groups excluding carboxylic acids is 4. The Balaban J connectivity index is 3.12. The van der Waals surface area contributed by atoms with Gasteiger partial charge >= 0.3 is 23.9 Å². The summed E-state index contributed by atoms with van der Waals surface area (Å²) in [6.45, 7) is 6.47. The topological polar surface area (TPSA) is 114 Å². The maximum Gasteiger partial charge on any atom is 0.304 e. The van der Waals surface area contributed by atoms with Gasteiger partial charge in [0.1, 0.15) is 24.1 Å². The van der Waals surface area contributed by atoms with E-state index in [2.05, 4.69) is 0 Å². The fraction of sp³-hybridized carbons (Fsp3) is 0.750. The van der Waals surface area contributed by atoms with Gasteiger partial charge in [0.2, 0.25) is 6.29 Å². The Labute approximate surface area is 156 Å². The molecule has 0 aromatic rings. The third kappa shape index (κ3) is 6.83. The molecule has 1 saturated heterocycles. The van der Waals surface area contributed by atoms with Crippen LogP contribution in [0.25, 0.3) is 0 Å². The Bertz CT molecular complexity index is 536. The van der Waals surface area contributed by atoms with Gasteiger partial charge < -0.3 is 23.7 Å². The van der Waals surface area contributed by atoms with Crippen molar-refractivity contribution in [2.24, 2.45) is 0 Å². The maximum atomic E-state index is 11.5. The molecule has 9 nitrogen and oxygen atoms in total. The van der Waals surface area contributed by atoms with E-state index in [-0.39, 0.29) is 6.61 Å². The number of esters is 4. The minimum absolute atomic E-state index is 0.284. The highest BCUT2D eigenvalue weighted by molar-refractivity contribution is 8.00. The van der Waals surface area contributed by atoms with Crippen molar-refractivity contribution in [3.63, 3.8) is 0 Å². The van der Waals surface area contributed by atoms with Gasteiger partial charge in [-0.2, -0.15) is 0 Å². The molecule has 1 aliphatic heterocycles. The predicted molar refractivity (Wildman–Crippen MR) is 90.1 cm³/mol. The fourth-order valence-electron chi connectivity index (χ4n) is 2.51. The van der Waals surface area contributed by atoms with E-state index in [1.54, 1.807) is 0 Å². The second-order valence-electron chi connectivity index (χ2n) is 5.52. The Hall–Kier alpha value is -1.81. The quantitative estimate of drug-likeness (QED) is 0.434. The molecule has 0 unspecified atom stereocenters. The van der Waals surface area contributed by atoms with E-state index in [4.69, 9.17) is 23.7 Å². The van der Waals surface area contributed by atoms with Crippen LogP contribution in [0.15, 0.2) is 0 Å². The average molecular weight is 392 g/mol. The van der Waals surface area contributed by atoms with E-state index in [9.17, 15) is 19.2 Å². The predicted octanol–water partition coefficient (Wildman–Crippen LogP) is 0.823. The van der Waals surface area contributed by atoms with E-state index in [0.29, 0.717) is 5.75 Å². The highest BCUT2D eigenvalue weighted by Gasteiger charge is 2.52. The number of rotatable bonds is 8. The van der Waals surface area contributed by atoms with E-state index in [0.717, 1.165) is 0 Å². The van der Waals surface area contributed by atoms with Crippen molar-refractivity contribution >= 4 is 35.6 Å². The van der Waals surface area contributed by atoms with Gasteiger partial charge in [-0.25, -0.2) is 0 Å². The lowest BCUT2D eigenvalue weighted by molar-refractivity contribution is -0.194. The standard InChI is InChI=1S/C16H24O9S/c1-6-26-15-14(23-10(4)19)13(25-16(15)24-11(5)20)12(22-9(3)18)7-21-8(2)17/h12-16H,6-7H2,1-5H3/t12-,13+,14-,15+,16+/m1/s1. The molecule has 0 saturated carbocycles. The molecule has 0 amide bonds. The van der Waals surface area contributed by atoms with Crippen molar-refractivity contribution in [2.45, 2.75) is 64.5 Å². The molecule has 0 aromatic carbocycles. The summed E-state index contributed by atoms with van der Waals surface area (Å²) in [5, 5.41) is -0.520. The molecule has 1 rings (SSSR count). The van der Waals surface area contributed by atoms with E-state index in [1.165, 1.54) is 39.5 Å². The number of ether oxygens (including phenoxy) is 5. The Morgan fingerprint density at radius 1 is 0.962 bits per heavy atom. The zero-order valence-corrected chi connectivity index (χ0v) is 16.2. The maximum absolute atomic E-state index is 11.5. The van der Waals surface area contributed by atoms with Gasteiger partial charge in [-0.15, -0.1) is 11.8 Å².